The first-order valence-corrected chi connectivity index (χ1v) is 16.2. The van der Waals surface area contributed by atoms with Gasteiger partial charge in [-0.25, -0.2) is 0 Å². The van der Waals surface area contributed by atoms with Crippen LogP contribution in [0.15, 0.2) is 131 Å². The lowest BCUT2D eigenvalue weighted by Gasteiger charge is -2.40. The van der Waals surface area contributed by atoms with Crippen molar-refractivity contribution in [2.24, 2.45) is 40.9 Å². The predicted octanol–water partition coefficient (Wildman–Crippen LogP) is 9.41. The Kier molecular flexibility index (Phi) is 6.17. The highest BCUT2D eigenvalue weighted by Gasteiger charge is 2.53. The third-order valence-electron chi connectivity index (χ3n) is 11.2. The summed E-state index contributed by atoms with van der Waals surface area (Å²) in [5.74, 6) is 4.21. The Hall–Kier alpha value is -3.26. The lowest BCUT2D eigenvalue weighted by molar-refractivity contribution is 0.148. The molecule has 7 atom stereocenters. The van der Waals surface area contributed by atoms with Crippen molar-refractivity contribution >= 4 is 0 Å². The van der Waals surface area contributed by atoms with Gasteiger partial charge in [0.05, 0.1) is 5.92 Å². The van der Waals surface area contributed by atoms with E-state index < -0.39 is 0 Å². The van der Waals surface area contributed by atoms with Crippen molar-refractivity contribution in [2.75, 3.05) is 0 Å². The van der Waals surface area contributed by atoms with E-state index in [-0.39, 0.29) is 17.4 Å². The van der Waals surface area contributed by atoms with E-state index in [1.165, 1.54) is 54.1 Å². The van der Waals surface area contributed by atoms with Gasteiger partial charge >= 0.3 is 0 Å². The van der Waals surface area contributed by atoms with Gasteiger partial charge in [-0.05, 0) is 91.9 Å². The minimum atomic E-state index is 0.0838. The number of rotatable bonds is 4. The highest BCUT2D eigenvalue weighted by molar-refractivity contribution is 5.49. The van der Waals surface area contributed by atoms with E-state index >= 15 is 0 Å². The van der Waals surface area contributed by atoms with Crippen LogP contribution in [0.1, 0.15) is 58.8 Å². The molecule has 0 N–H and O–H groups in total. The third-order valence-corrected chi connectivity index (χ3v) is 11.2. The summed E-state index contributed by atoms with van der Waals surface area (Å²) in [5.41, 5.74) is 7.22. The lowest BCUT2D eigenvalue weighted by Crippen LogP contribution is -2.34. The molecule has 0 saturated heterocycles. The average Bonchev–Trinajstić information content (AvgIpc) is 3.51. The SMILES string of the molecule is CC1(C)C2C=CC=CC2C2C=CC(N(C3=CCC(C4=CCCCC4)C=C3)C3=CC=CC4OC5=C(C=CCC5)C34)=CC21. The lowest BCUT2D eigenvalue weighted by atomic mass is 9.72. The molecule has 1 saturated carbocycles. The van der Waals surface area contributed by atoms with E-state index in [1.54, 1.807) is 5.57 Å². The molecule has 210 valence electrons. The van der Waals surface area contributed by atoms with Gasteiger partial charge in [0.25, 0.3) is 0 Å². The molecule has 2 heteroatoms. The van der Waals surface area contributed by atoms with E-state index in [0.29, 0.717) is 29.6 Å². The summed E-state index contributed by atoms with van der Waals surface area (Å²) in [7, 11) is 0. The highest BCUT2D eigenvalue weighted by Crippen LogP contribution is 2.59. The monoisotopic (exact) mass is 541 g/mol. The number of allylic oxidation sites excluding steroid dienone is 17. The van der Waals surface area contributed by atoms with Gasteiger partial charge in [0.15, 0.2) is 0 Å². The third kappa shape index (κ3) is 4.12. The van der Waals surface area contributed by atoms with Crippen LogP contribution in [-0.4, -0.2) is 11.0 Å². The molecule has 8 aliphatic rings. The largest absolute Gasteiger partial charge is 0.489 e. The van der Waals surface area contributed by atoms with Crippen LogP contribution in [0.5, 0.6) is 0 Å². The summed E-state index contributed by atoms with van der Waals surface area (Å²) in [6.07, 6.45) is 47.0. The first-order valence-electron chi connectivity index (χ1n) is 16.2. The Balaban J connectivity index is 1.19. The summed E-state index contributed by atoms with van der Waals surface area (Å²) in [6.45, 7) is 4.98. The molecule has 0 spiro atoms. The van der Waals surface area contributed by atoms with Crippen molar-refractivity contribution < 1.29 is 4.74 Å². The van der Waals surface area contributed by atoms with E-state index in [1.807, 2.05) is 0 Å². The Bertz CT molecular complexity index is 1460. The van der Waals surface area contributed by atoms with Gasteiger partial charge < -0.3 is 9.64 Å². The maximum Gasteiger partial charge on any atom is 0.129 e. The Labute approximate surface area is 246 Å². The van der Waals surface area contributed by atoms with Gasteiger partial charge in [0, 0.05) is 35.0 Å². The molecule has 1 heterocycles. The first-order chi connectivity index (χ1) is 20.1. The van der Waals surface area contributed by atoms with Crippen LogP contribution in [0.2, 0.25) is 0 Å². The molecule has 1 fully saturated rings. The topological polar surface area (TPSA) is 12.5 Å². The molecule has 0 amide bonds. The van der Waals surface area contributed by atoms with Crippen LogP contribution in [0.25, 0.3) is 0 Å². The van der Waals surface area contributed by atoms with Crippen molar-refractivity contribution in [2.45, 2.75) is 64.9 Å². The molecule has 41 heavy (non-hydrogen) atoms. The van der Waals surface area contributed by atoms with Crippen LogP contribution in [0.4, 0.5) is 0 Å². The van der Waals surface area contributed by atoms with E-state index in [0.717, 1.165) is 19.3 Å². The summed E-state index contributed by atoms with van der Waals surface area (Å²) in [4.78, 5) is 2.60. The molecular formula is C39H43NO. The molecule has 7 aliphatic carbocycles. The number of hydrogen-bond donors (Lipinski definition) is 0. The van der Waals surface area contributed by atoms with Gasteiger partial charge in [-0.1, -0.05) is 92.3 Å². The molecule has 0 aromatic heterocycles. The smallest absolute Gasteiger partial charge is 0.129 e. The summed E-state index contributed by atoms with van der Waals surface area (Å²) < 4.78 is 6.56. The molecule has 0 aromatic rings. The van der Waals surface area contributed by atoms with Crippen LogP contribution in [0.3, 0.4) is 0 Å². The van der Waals surface area contributed by atoms with Gasteiger partial charge in [-0.2, -0.15) is 0 Å². The minimum absolute atomic E-state index is 0.0838. The fourth-order valence-electron chi connectivity index (χ4n) is 9.10. The number of fused-ring (bicyclic) bond motifs is 5. The number of ether oxygens (including phenoxy) is 1. The summed E-state index contributed by atoms with van der Waals surface area (Å²) in [5, 5.41) is 0. The van der Waals surface area contributed by atoms with Gasteiger partial charge in [0.2, 0.25) is 0 Å². The van der Waals surface area contributed by atoms with E-state index in [9.17, 15) is 0 Å². The second kappa shape index (κ2) is 9.93. The van der Waals surface area contributed by atoms with Gasteiger partial charge in [-0.3, -0.25) is 0 Å². The summed E-state index contributed by atoms with van der Waals surface area (Å²) in [6, 6.07) is 0. The number of hydrogen-bond acceptors (Lipinski definition) is 2. The van der Waals surface area contributed by atoms with Crippen molar-refractivity contribution in [1.82, 2.24) is 4.90 Å². The maximum atomic E-state index is 6.56. The van der Waals surface area contributed by atoms with Crippen LogP contribution in [-0.2, 0) is 4.74 Å². The number of nitrogens with zero attached hydrogens (tertiary/aromatic N) is 1. The fourth-order valence-corrected chi connectivity index (χ4v) is 9.10. The molecule has 8 rings (SSSR count). The Morgan fingerprint density at radius 1 is 0.805 bits per heavy atom. The van der Waals surface area contributed by atoms with Crippen molar-refractivity contribution in [3.8, 4) is 0 Å². The molecule has 7 unspecified atom stereocenters. The quantitative estimate of drug-likeness (QED) is 0.329. The Morgan fingerprint density at radius 2 is 1.68 bits per heavy atom. The van der Waals surface area contributed by atoms with Crippen LogP contribution < -0.4 is 0 Å². The fraction of sp³-hybridized carbons (Fsp3) is 0.436. The molecule has 0 radical (unpaired) electrons. The minimum Gasteiger partial charge on any atom is -0.489 e. The average molecular weight is 542 g/mol. The highest BCUT2D eigenvalue weighted by atomic mass is 16.5. The Morgan fingerprint density at radius 3 is 2.54 bits per heavy atom. The second-order valence-electron chi connectivity index (χ2n) is 13.8. The predicted molar refractivity (Wildman–Crippen MR) is 168 cm³/mol. The zero-order valence-corrected chi connectivity index (χ0v) is 24.6. The molecule has 1 aliphatic heterocycles. The first kappa shape index (κ1) is 25.5. The van der Waals surface area contributed by atoms with Crippen molar-refractivity contribution in [1.29, 1.82) is 0 Å². The normalized spacial score (nSPS) is 37.4. The van der Waals surface area contributed by atoms with Crippen LogP contribution >= 0.6 is 0 Å². The zero-order valence-electron chi connectivity index (χ0n) is 24.6. The molecule has 0 aromatic carbocycles. The van der Waals surface area contributed by atoms with Gasteiger partial charge in [0.1, 0.15) is 11.9 Å². The second-order valence-corrected chi connectivity index (χ2v) is 13.8. The molecule has 2 nitrogen and oxygen atoms in total. The van der Waals surface area contributed by atoms with Crippen LogP contribution in [0, 0.1) is 40.9 Å². The summed E-state index contributed by atoms with van der Waals surface area (Å²) >= 11 is 0. The zero-order chi connectivity index (χ0) is 27.6. The van der Waals surface area contributed by atoms with E-state index in [4.69, 9.17) is 4.74 Å². The van der Waals surface area contributed by atoms with Crippen molar-refractivity contribution in [3.63, 3.8) is 0 Å². The van der Waals surface area contributed by atoms with E-state index in [2.05, 4.69) is 116 Å². The van der Waals surface area contributed by atoms with Gasteiger partial charge in [-0.15, -0.1) is 0 Å². The standard InChI is InChI=1S/C39H43NO/c1-39(2)33-15-8-6-13-30(33)31-24-23-29(25-34(31)39)40(28-21-19-27(20-22-28)26-11-4-3-5-12-26)35-16-10-18-37-38(35)32-14-7-9-17-36(32)41-37/h6-8,10-11,13-16,18-19,21-25,27,30-31,33-34,37-38H,3-5,9,12,17,20H2,1-2H3. The van der Waals surface area contributed by atoms with Crippen molar-refractivity contribution in [3.05, 3.63) is 131 Å². The molecule has 0 bridgehead atoms. The molecular weight excluding hydrogens is 498 g/mol. The maximum absolute atomic E-state index is 6.56.